The summed E-state index contributed by atoms with van der Waals surface area (Å²) < 4.78 is 7.12. The summed E-state index contributed by atoms with van der Waals surface area (Å²) in [6.07, 6.45) is 2.51. The molecule has 0 aromatic heterocycles. The SMILES string of the molecule is CC(C)CC(CC(C)C)[N+](C)(CCOc1ccccc1)Cc1ccccc1. The lowest BCUT2D eigenvalue weighted by Crippen LogP contribution is -2.54. The molecule has 1 unspecified atom stereocenters. The Morgan fingerprint density at radius 3 is 1.81 bits per heavy atom. The number of rotatable bonds is 11. The van der Waals surface area contributed by atoms with Gasteiger partial charge in [-0.3, -0.25) is 0 Å². The third kappa shape index (κ3) is 7.38. The summed E-state index contributed by atoms with van der Waals surface area (Å²) in [7, 11) is 2.43. The van der Waals surface area contributed by atoms with Gasteiger partial charge in [-0.05, 0) is 24.0 Å². The fraction of sp³-hybridized carbons (Fsp3) is 0.520. The van der Waals surface area contributed by atoms with E-state index in [-0.39, 0.29) is 0 Å². The number of hydrogen-bond donors (Lipinski definition) is 0. The topological polar surface area (TPSA) is 9.23 Å². The van der Waals surface area contributed by atoms with Crippen molar-refractivity contribution in [3.8, 4) is 5.75 Å². The number of nitrogens with zero attached hydrogens (tertiary/aromatic N) is 1. The lowest BCUT2D eigenvalue weighted by Gasteiger charge is -2.43. The molecular weight excluding hydrogens is 330 g/mol. The molecule has 0 saturated carbocycles. The Labute approximate surface area is 166 Å². The Hall–Kier alpha value is -1.80. The van der Waals surface area contributed by atoms with Gasteiger partial charge in [-0.15, -0.1) is 0 Å². The summed E-state index contributed by atoms with van der Waals surface area (Å²) >= 11 is 0. The van der Waals surface area contributed by atoms with Crippen LogP contribution in [0.3, 0.4) is 0 Å². The van der Waals surface area contributed by atoms with Gasteiger partial charge in [-0.1, -0.05) is 76.2 Å². The summed E-state index contributed by atoms with van der Waals surface area (Å²) in [6.45, 7) is 12.2. The van der Waals surface area contributed by atoms with Crippen LogP contribution in [-0.4, -0.2) is 30.7 Å². The molecule has 0 fully saturated rings. The molecule has 0 aliphatic rings. The molecule has 0 N–H and O–H groups in total. The van der Waals surface area contributed by atoms with Gasteiger partial charge in [0, 0.05) is 18.4 Å². The molecule has 2 aromatic carbocycles. The molecule has 0 saturated heterocycles. The molecular formula is C25H38NO+. The summed E-state index contributed by atoms with van der Waals surface area (Å²) in [6, 6.07) is 21.8. The van der Waals surface area contributed by atoms with Crippen molar-refractivity contribution < 1.29 is 9.22 Å². The second kappa shape index (κ2) is 10.5. The number of ether oxygens (including phenoxy) is 1. The van der Waals surface area contributed by atoms with E-state index < -0.39 is 0 Å². The van der Waals surface area contributed by atoms with Crippen LogP contribution in [0, 0.1) is 11.8 Å². The lowest BCUT2D eigenvalue weighted by molar-refractivity contribution is -0.947. The fourth-order valence-electron chi connectivity index (χ4n) is 3.97. The van der Waals surface area contributed by atoms with Crippen LogP contribution in [0.15, 0.2) is 60.7 Å². The van der Waals surface area contributed by atoms with Gasteiger partial charge in [-0.2, -0.15) is 0 Å². The van der Waals surface area contributed by atoms with Gasteiger partial charge in [0.2, 0.25) is 0 Å². The van der Waals surface area contributed by atoms with E-state index in [9.17, 15) is 0 Å². The van der Waals surface area contributed by atoms with Crippen molar-refractivity contribution in [2.24, 2.45) is 11.8 Å². The number of benzene rings is 2. The van der Waals surface area contributed by atoms with Crippen molar-refractivity contribution in [1.29, 1.82) is 0 Å². The van der Waals surface area contributed by atoms with E-state index in [0.717, 1.165) is 29.9 Å². The number of hydrogen-bond acceptors (Lipinski definition) is 1. The molecule has 2 nitrogen and oxygen atoms in total. The van der Waals surface area contributed by atoms with Gasteiger partial charge >= 0.3 is 0 Å². The van der Waals surface area contributed by atoms with Crippen LogP contribution in [0.5, 0.6) is 5.75 Å². The molecule has 0 heterocycles. The molecule has 0 spiro atoms. The Morgan fingerprint density at radius 1 is 0.778 bits per heavy atom. The van der Waals surface area contributed by atoms with E-state index in [1.165, 1.54) is 18.4 Å². The van der Waals surface area contributed by atoms with E-state index in [0.29, 0.717) is 17.9 Å². The average molecular weight is 369 g/mol. The first-order chi connectivity index (χ1) is 12.9. The Bertz CT molecular complexity index is 628. The number of para-hydroxylation sites is 1. The van der Waals surface area contributed by atoms with Gasteiger partial charge in [0.15, 0.2) is 0 Å². The van der Waals surface area contributed by atoms with Crippen LogP contribution in [0.25, 0.3) is 0 Å². The van der Waals surface area contributed by atoms with Crippen molar-refractivity contribution in [1.82, 2.24) is 0 Å². The highest BCUT2D eigenvalue weighted by Crippen LogP contribution is 2.27. The third-order valence-electron chi connectivity index (χ3n) is 5.37. The molecule has 0 aliphatic heterocycles. The first-order valence-corrected chi connectivity index (χ1v) is 10.4. The summed E-state index contributed by atoms with van der Waals surface area (Å²) in [5.41, 5.74) is 1.41. The zero-order valence-electron chi connectivity index (χ0n) is 17.9. The van der Waals surface area contributed by atoms with Crippen LogP contribution in [0.2, 0.25) is 0 Å². The van der Waals surface area contributed by atoms with Crippen LogP contribution in [0.4, 0.5) is 0 Å². The maximum absolute atomic E-state index is 6.08. The highest BCUT2D eigenvalue weighted by Gasteiger charge is 2.34. The van der Waals surface area contributed by atoms with Crippen molar-refractivity contribution in [2.75, 3.05) is 20.2 Å². The minimum Gasteiger partial charge on any atom is -0.488 e. The van der Waals surface area contributed by atoms with Crippen molar-refractivity contribution in [3.63, 3.8) is 0 Å². The molecule has 0 radical (unpaired) electrons. The van der Waals surface area contributed by atoms with Gasteiger partial charge in [0.05, 0.1) is 13.1 Å². The maximum Gasteiger partial charge on any atom is 0.137 e. The normalized spacial score (nSPS) is 13.9. The first-order valence-electron chi connectivity index (χ1n) is 10.4. The molecule has 2 heteroatoms. The standard InChI is InChI=1S/C25H38NO/c1-21(2)18-24(19-22(3)4)26(5,20-23-12-8-6-9-13-23)16-17-27-25-14-10-7-11-15-25/h6-15,21-22,24H,16-20H2,1-5H3/q+1. The molecule has 0 bridgehead atoms. The Morgan fingerprint density at radius 2 is 1.30 bits per heavy atom. The zero-order chi connectivity index (χ0) is 19.7. The summed E-state index contributed by atoms with van der Waals surface area (Å²) in [5, 5.41) is 0. The van der Waals surface area contributed by atoms with Crippen molar-refractivity contribution in [2.45, 2.75) is 53.1 Å². The van der Waals surface area contributed by atoms with E-state index in [1.807, 2.05) is 30.3 Å². The van der Waals surface area contributed by atoms with Gasteiger partial charge in [-0.25, -0.2) is 0 Å². The van der Waals surface area contributed by atoms with E-state index >= 15 is 0 Å². The Kier molecular flexibility index (Phi) is 8.37. The quantitative estimate of drug-likeness (QED) is 0.431. The minimum atomic E-state index is 0.643. The van der Waals surface area contributed by atoms with Gasteiger partial charge < -0.3 is 9.22 Å². The first kappa shape index (κ1) is 21.5. The molecule has 1 atom stereocenters. The lowest BCUT2D eigenvalue weighted by atomic mass is 9.92. The van der Waals surface area contributed by atoms with Crippen LogP contribution < -0.4 is 4.74 Å². The average Bonchev–Trinajstić information content (AvgIpc) is 2.62. The highest BCUT2D eigenvalue weighted by atomic mass is 16.5. The molecule has 148 valence electrons. The molecule has 0 aliphatic carbocycles. The summed E-state index contributed by atoms with van der Waals surface area (Å²) in [4.78, 5) is 0. The van der Waals surface area contributed by atoms with Crippen LogP contribution in [0.1, 0.15) is 46.1 Å². The number of likely N-dealkylation sites (N-methyl/N-ethyl adjacent to an activating group) is 1. The molecule has 27 heavy (non-hydrogen) atoms. The van der Waals surface area contributed by atoms with Crippen molar-refractivity contribution >= 4 is 0 Å². The molecule has 2 rings (SSSR count). The fourth-order valence-corrected chi connectivity index (χ4v) is 3.97. The summed E-state index contributed by atoms with van der Waals surface area (Å²) in [5.74, 6) is 2.38. The predicted octanol–water partition coefficient (Wildman–Crippen LogP) is 6.17. The molecule has 0 amide bonds. The van der Waals surface area contributed by atoms with Crippen LogP contribution >= 0.6 is 0 Å². The number of quaternary nitrogens is 1. The van der Waals surface area contributed by atoms with Crippen LogP contribution in [-0.2, 0) is 6.54 Å². The third-order valence-corrected chi connectivity index (χ3v) is 5.37. The Balaban J connectivity index is 2.16. The second-order valence-electron chi connectivity index (χ2n) is 8.92. The van der Waals surface area contributed by atoms with Crippen molar-refractivity contribution in [3.05, 3.63) is 66.2 Å². The van der Waals surface area contributed by atoms with E-state index in [4.69, 9.17) is 4.74 Å². The minimum absolute atomic E-state index is 0.643. The smallest absolute Gasteiger partial charge is 0.137 e. The van der Waals surface area contributed by atoms with Gasteiger partial charge in [0.25, 0.3) is 0 Å². The predicted molar refractivity (Wildman–Crippen MR) is 116 cm³/mol. The van der Waals surface area contributed by atoms with E-state index in [1.54, 1.807) is 0 Å². The van der Waals surface area contributed by atoms with E-state index in [2.05, 4.69) is 65.1 Å². The van der Waals surface area contributed by atoms with Gasteiger partial charge in [0.1, 0.15) is 25.4 Å². The largest absolute Gasteiger partial charge is 0.488 e. The second-order valence-corrected chi connectivity index (χ2v) is 8.92. The highest BCUT2D eigenvalue weighted by molar-refractivity contribution is 5.20. The zero-order valence-corrected chi connectivity index (χ0v) is 17.9. The maximum atomic E-state index is 6.08. The monoisotopic (exact) mass is 368 g/mol. The molecule has 2 aromatic rings.